The third kappa shape index (κ3) is 65.7. The second kappa shape index (κ2) is 68.3. The molecule has 0 radical (unpaired) electrons. The molecule has 0 saturated heterocycles. The van der Waals surface area contributed by atoms with Gasteiger partial charge in [0.15, 0.2) is 6.10 Å². The van der Waals surface area contributed by atoms with Crippen molar-refractivity contribution in [1.82, 2.24) is 0 Å². The van der Waals surface area contributed by atoms with Crippen molar-refractivity contribution < 1.29 is 28.6 Å². The molecule has 0 aromatic heterocycles. The summed E-state index contributed by atoms with van der Waals surface area (Å²) in [6.45, 7) is 6.53. The van der Waals surface area contributed by atoms with Crippen LogP contribution in [0.5, 0.6) is 0 Å². The summed E-state index contributed by atoms with van der Waals surface area (Å²) >= 11 is 0. The Balaban J connectivity index is 4.18. The lowest BCUT2D eigenvalue weighted by atomic mass is 10.0. The molecule has 464 valence electrons. The van der Waals surface area contributed by atoms with Gasteiger partial charge in [0.25, 0.3) is 0 Å². The minimum atomic E-state index is -0.778. The highest BCUT2D eigenvalue weighted by molar-refractivity contribution is 5.71. The molecule has 0 amide bonds. The molecule has 0 spiro atoms. The molecular formula is C74H132O6. The second-order valence-electron chi connectivity index (χ2n) is 23.4. The van der Waals surface area contributed by atoms with Crippen LogP contribution in [-0.4, -0.2) is 37.2 Å². The van der Waals surface area contributed by atoms with Crippen molar-refractivity contribution in [2.24, 2.45) is 0 Å². The molecule has 0 aliphatic carbocycles. The number of hydrogen-bond donors (Lipinski definition) is 0. The number of allylic oxidation sites excluding steroid dienone is 12. The molecule has 0 bridgehead atoms. The van der Waals surface area contributed by atoms with E-state index in [9.17, 15) is 14.4 Å². The number of carbonyl (C=O) groups excluding carboxylic acids is 3. The van der Waals surface area contributed by atoms with Gasteiger partial charge in [-0.1, -0.05) is 331 Å². The molecule has 80 heavy (non-hydrogen) atoms. The summed E-state index contributed by atoms with van der Waals surface area (Å²) in [7, 11) is 0. The third-order valence-corrected chi connectivity index (χ3v) is 15.4. The summed E-state index contributed by atoms with van der Waals surface area (Å²) in [5.74, 6) is -0.865. The number of unbranched alkanes of at least 4 members (excludes halogenated alkanes) is 41. The Bertz CT molecular complexity index is 1470. The number of ether oxygens (including phenoxy) is 3. The number of esters is 3. The molecule has 1 atom stereocenters. The minimum Gasteiger partial charge on any atom is -0.462 e. The average molecular weight is 1120 g/mol. The monoisotopic (exact) mass is 1120 g/mol. The van der Waals surface area contributed by atoms with Gasteiger partial charge in [-0.05, 0) is 83.5 Å². The second-order valence-corrected chi connectivity index (χ2v) is 23.4. The first kappa shape index (κ1) is 76.9. The normalized spacial score (nSPS) is 12.5. The predicted molar refractivity (Wildman–Crippen MR) is 348 cm³/mol. The molecule has 0 saturated carbocycles. The highest BCUT2D eigenvalue weighted by Crippen LogP contribution is 2.18. The maximum atomic E-state index is 12.9. The lowest BCUT2D eigenvalue weighted by Gasteiger charge is -2.18. The predicted octanol–water partition coefficient (Wildman–Crippen LogP) is 24.1. The molecular weight excluding hydrogens is 985 g/mol. The van der Waals surface area contributed by atoms with Crippen molar-refractivity contribution in [1.29, 1.82) is 0 Å². The van der Waals surface area contributed by atoms with Crippen LogP contribution in [0.1, 0.15) is 361 Å². The van der Waals surface area contributed by atoms with Crippen molar-refractivity contribution in [3.05, 3.63) is 72.9 Å². The largest absolute Gasteiger partial charge is 0.462 e. The summed E-state index contributed by atoms with van der Waals surface area (Å²) in [5, 5.41) is 0. The molecule has 0 heterocycles. The van der Waals surface area contributed by atoms with Gasteiger partial charge in [-0.3, -0.25) is 14.4 Å². The van der Waals surface area contributed by atoms with Crippen LogP contribution in [0, 0.1) is 0 Å². The SMILES string of the molecule is CC/C=C\C/C=C\C/C=C\C/C=C\CCCCCCCCCCCCCCCCCCCCC(=O)OCC(COC(=O)CCCCCCC/C=C\C/C=C\CCCC)OC(=O)CCCCCCCCCCCCCCCCCCC. The van der Waals surface area contributed by atoms with Gasteiger partial charge in [-0.15, -0.1) is 0 Å². The quantitative estimate of drug-likeness (QED) is 0.0261. The summed E-state index contributed by atoms with van der Waals surface area (Å²) < 4.78 is 17.0. The highest BCUT2D eigenvalue weighted by atomic mass is 16.6. The fraction of sp³-hybridized carbons (Fsp3) is 0.797. The topological polar surface area (TPSA) is 78.9 Å². The maximum Gasteiger partial charge on any atom is 0.306 e. The Labute approximate surface area is 497 Å². The molecule has 0 aromatic rings. The fourth-order valence-corrected chi connectivity index (χ4v) is 10.2. The minimum absolute atomic E-state index is 0.0743. The average Bonchev–Trinajstić information content (AvgIpc) is 3.46. The van der Waals surface area contributed by atoms with E-state index in [2.05, 4.69) is 93.7 Å². The number of hydrogen-bond acceptors (Lipinski definition) is 6. The van der Waals surface area contributed by atoms with E-state index in [1.165, 1.54) is 218 Å². The van der Waals surface area contributed by atoms with Gasteiger partial charge in [0.1, 0.15) is 13.2 Å². The third-order valence-electron chi connectivity index (χ3n) is 15.4. The van der Waals surface area contributed by atoms with E-state index in [-0.39, 0.29) is 31.1 Å². The Morgan fingerprint density at radius 1 is 0.263 bits per heavy atom. The number of carbonyl (C=O) groups is 3. The highest BCUT2D eigenvalue weighted by Gasteiger charge is 2.19. The van der Waals surface area contributed by atoms with Crippen LogP contribution in [0.2, 0.25) is 0 Å². The first-order valence-corrected chi connectivity index (χ1v) is 34.9. The van der Waals surface area contributed by atoms with E-state index in [4.69, 9.17) is 14.2 Å². The van der Waals surface area contributed by atoms with Crippen molar-refractivity contribution in [2.75, 3.05) is 13.2 Å². The van der Waals surface area contributed by atoms with Crippen molar-refractivity contribution in [3.8, 4) is 0 Å². The summed E-state index contributed by atoms with van der Waals surface area (Å²) in [6.07, 6.45) is 89.3. The first-order chi connectivity index (χ1) is 39.5. The van der Waals surface area contributed by atoms with Gasteiger partial charge in [-0.25, -0.2) is 0 Å². The van der Waals surface area contributed by atoms with E-state index in [0.29, 0.717) is 19.3 Å². The van der Waals surface area contributed by atoms with Gasteiger partial charge >= 0.3 is 17.9 Å². The molecule has 0 aromatic carbocycles. The Morgan fingerprint density at radius 2 is 0.500 bits per heavy atom. The first-order valence-electron chi connectivity index (χ1n) is 34.9. The van der Waals surface area contributed by atoms with Gasteiger partial charge < -0.3 is 14.2 Å². The van der Waals surface area contributed by atoms with Crippen LogP contribution < -0.4 is 0 Å². The van der Waals surface area contributed by atoms with Crippen molar-refractivity contribution in [3.63, 3.8) is 0 Å². The van der Waals surface area contributed by atoms with E-state index < -0.39 is 6.10 Å². The summed E-state index contributed by atoms with van der Waals surface area (Å²) in [6, 6.07) is 0. The molecule has 1 unspecified atom stereocenters. The van der Waals surface area contributed by atoms with Crippen LogP contribution in [0.25, 0.3) is 0 Å². The zero-order chi connectivity index (χ0) is 57.8. The van der Waals surface area contributed by atoms with E-state index >= 15 is 0 Å². The molecule has 0 aliphatic heterocycles. The van der Waals surface area contributed by atoms with Gasteiger partial charge in [0.05, 0.1) is 0 Å². The van der Waals surface area contributed by atoms with Gasteiger partial charge in [-0.2, -0.15) is 0 Å². The molecule has 0 rings (SSSR count). The van der Waals surface area contributed by atoms with Crippen LogP contribution in [0.15, 0.2) is 72.9 Å². The smallest absolute Gasteiger partial charge is 0.306 e. The van der Waals surface area contributed by atoms with Gasteiger partial charge in [0.2, 0.25) is 0 Å². The molecule has 0 N–H and O–H groups in total. The lowest BCUT2D eigenvalue weighted by molar-refractivity contribution is -0.167. The van der Waals surface area contributed by atoms with Crippen LogP contribution in [-0.2, 0) is 28.6 Å². The van der Waals surface area contributed by atoms with Crippen LogP contribution in [0.4, 0.5) is 0 Å². The van der Waals surface area contributed by atoms with Crippen molar-refractivity contribution in [2.45, 2.75) is 367 Å². The Kier molecular flexibility index (Phi) is 65.7. The molecule has 6 nitrogen and oxygen atoms in total. The standard InChI is InChI=1S/C74H132O6/c1-4-7-10-13-16-19-22-25-28-30-31-32-33-34-35-36-37-38-39-40-41-42-43-45-46-49-52-55-58-61-64-67-73(76)79-70-71(69-78-72(75)66-63-60-57-54-51-48-27-24-21-18-15-12-9-6-3)80-74(77)68-65-62-59-56-53-50-47-44-29-26-23-20-17-14-11-8-5-2/h7,10,15-16,18-19,24-25,27-28,31-32,71H,4-6,8-9,11-14,17,20-23,26,29-30,33-70H2,1-3H3/b10-7-,18-15-,19-16-,27-24-,28-25-,32-31-. The van der Waals surface area contributed by atoms with Crippen LogP contribution in [0.3, 0.4) is 0 Å². The van der Waals surface area contributed by atoms with E-state index in [1.807, 2.05) is 0 Å². The van der Waals surface area contributed by atoms with E-state index in [1.54, 1.807) is 0 Å². The zero-order valence-corrected chi connectivity index (χ0v) is 53.3. The fourth-order valence-electron chi connectivity index (χ4n) is 10.2. The van der Waals surface area contributed by atoms with E-state index in [0.717, 1.165) is 103 Å². The molecule has 6 heteroatoms. The Morgan fingerprint density at radius 3 is 0.800 bits per heavy atom. The Hall–Kier alpha value is -3.15. The zero-order valence-electron chi connectivity index (χ0n) is 53.3. The van der Waals surface area contributed by atoms with Crippen LogP contribution >= 0.6 is 0 Å². The number of rotatable bonds is 64. The summed E-state index contributed by atoms with van der Waals surface area (Å²) in [5.41, 5.74) is 0. The lowest BCUT2D eigenvalue weighted by Crippen LogP contribution is -2.30. The maximum absolute atomic E-state index is 12.9. The van der Waals surface area contributed by atoms with Gasteiger partial charge in [0, 0.05) is 19.3 Å². The van der Waals surface area contributed by atoms with Crippen molar-refractivity contribution >= 4 is 17.9 Å². The molecule has 0 aliphatic rings. The molecule has 0 fully saturated rings. The summed E-state index contributed by atoms with van der Waals surface area (Å²) in [4.78, 5) is 38.4.